The van der Waals surface area contributed by atoms with Gasteiger partial charge in [0.05, 0.1) is 18.5 Å². The molecule has 0 atom stereocenters. The van der Waals surface area contributed by atoms with Crippen LogP contribution in [-0.2, 0) is 4.79 Å². The number of likely N-dealkylation sites (tertiary alicyclic amines) is 1. The smallest absolute Gasteiger partial charge is 0.253 e. The first kappa shape index (κ1) is 17.8. The molecule has 0 unspecified atom stereocenters. The van der Waals surface area contributed by atoms with E-state index < -0.39 is 0 Å². The van der Waals surface area contributed by atoms with Gasteiger partial charge in [0, 0.05) is 30.6 Å². The van der Waals surface area contributed by atoms with Gasteiger partial charge in [-0.1, -0.05) is 18.2 Å². The number of hydrogen-bond donors (Lipinski definition) is 2. The maximum atomic E-state index is 12.6. The van der Waals surface area contributed by atoms with E-state index in [1.807, 2.05) is 30.3 Å². The lowest BCUT2D eigenvalue weighted by molar-refractivity contribution is -0.121. The fourth-order valence-electron chi connectivity index (χ4n) is 3.11. The zero-order valence-electron chi connectivity index (χ0n) is 14.8. The Bertz CT molecular complexity index is 784. The molecule has 2 aromatic carbocycles. The molecule has 3 N–H and O–H groups in total. The van der Waals surface area contributed by atoms with Crippen LogP contribution in [0.1, 0.15) is 23.2 Å². The average molecular weight is 353 g/mol. The molecule has 0 saturated carbocycles. The van der Waals surface area contributed by atoms with E-state index in [0.29, 0.717) is 48.6 Å². The van der Waals surface area contributed by atoms with Crippen molar-refractivity contribution >= 4 is 23.2 Å². The Balaban J connectivity index is 1.58. The Hall–Kier alpha value is -3.02. The highest BCUT2D eigenvalue weighted by atomic mass is 16.5. The summed E-state index contributed by atoms with van der Waals surface area (Å²) in [6.45, 7) is 1.14. The minimum atomic E-state index is -0.138. The van der Waals surface area contributed by atoms with Gasteiger partial charge in [-0.25, -0.2) is 0 Å². The molecule has 1 saturated heterocycles. The number of nitrogens with zero attached hydrogens (tertiary/aromatic N) is 1. The van der Waals surface area contributed by atoms with Crippen LogP contribution in [0.4, 0.5) is 11.4 Å². The molecular formula is C20H23N3O3. The zero-order chi connectivity index (χ0) is 18.5. The number of nitrogens with one attached hydrogen (secondary N) is 1. The van der Waals surface area contributed by atoms with Crippen molar-refractivity contribution in [2.45, 2.75) is 12.8 Å². The lowest BCUT2D eigenvalue weighted by atomic mass is 9.95. The number of anilines is 2. The molecule has 0 spiro atoms. The molecule has 2 aromatic rings. The lowest BCUT2D eigenvalue weighted by Crippen LogP contribution is -2.41. The van der Waals surface area contributed by atoms with Gasteiger partial charge < -0.3 is 20.7 Å². The third-order valence-electron chi connectivity index (χ3n) is 4.69. The predicted octanol–water partition coefficient (Wildman–Crippen LogP) is 2.77. The highest BCUT2D eigenvalue weighted by Crippen LogP contribution is 2.26. The summed E-state index contributed by atoms with van der Waals surface area (Å²) < 4.78 is 5.17. The van der Waals surface area contributed by atoms with Crippen molar-refractivity contribution in [1.82, 2.24) is 4.90 Å². The van der Waals surface area contributed by atoms with Gasteiger partial charge in [0.2, 0.25) is 5.91 Å². The summed E-state index contributed by atoms with van der Waals surface area (Å²) in [7, 11) is 1.57. The molecule has 0 bridgehead atoms. The van der Waals surface area contributed by atoms with E-state index in [2.05, 4.69) is 5.32 Å². The highest BCUT2D eigenvalue weighted by molar-refractivity contribution is 5.96. The summed E-state index contributed by atoms with van der Waals surface area (Å²) in [4.78, 5) is 26.8. The molecule has 1 aliphatic heterocycles. The Morgan fingerprint density at radius 2 is 1.81 bits per heavy atom. The van der Waals surface area contributed by atoms with Crippen molar-refractivity contribution in [2.24, 2.45) is 5.92 Å². The van der Waals surface area contributed by atoms with E-state index in [4.69, 9.17) is 10.5 Å². The van der Waals surface area contributed by atoms with Crippen molar-refractivity contribution in [3.63, 3.8) is 0 Å². The van der Waals surface area contributed by atoms with Crippen molar-refractivity contribution < 1.29 is 14.3 Å². The Kier molecular flexibility index (Phi) is 5.41. The second-order valence-corrected chi connectivity index (χ2v) is 6.37. The number of amides is 2. The monoisotopic (exact) mass is 353 g/mol. The minimum absolute atomic E-state index is 0.0153. The van der Waals surface area contributed by atoms with Gasteiger partial charge in [-0.2, -0.15) is 0 Å². The number of piperidine rings is 1. The Labute approximate surface area is 152 Å². The molecule has 1 fully saturated rings. The Morgan fingerprint density at radius 3 is 2.46 bits per heavy atom. The molecule has 2 amide bonds. The van der Waals surface area contributed by atoms with E-state index in [0.717, 1.165) is 0 Å². The number of nitrogens with two attached hydrogens (primary N) is 1. The fraction of sp³-hybridized carbons (Fsp3) is 0.300. The van der Waals surface area contributed by atoms with Gasteiger partial charge in [0.15, 0.2) is 0 Å². The van der Waals surface area contributed by atoms with Crippen LogP contribution in [-0.4, -0.2) is 36.9 Å². The van der Waals surface area contributed by atoms with Crippen LogP contribution in [0.5, 0.6) is 5.75 Å². The number of hydrogen-bond acceptors (Lipinski definition) is 4. The third kappa shape index (κ3) is 3.96. The molecule has 136 valence electrons. The highest BCUT2D eigenvalue weighted by Gasteiger charge is 2.28. The fourth-order valence-corrected chi connectivity index (χ4v) is 3.11. The zero-order valence-corrected chi connectivity index (χ0v) is 14.8. The van der Waals surface area contributed by atoms with E-state index >= 15 is 0 Å². The number of carbonyl (C=O) groups is 2. The molecule has 0 aromatic heterocycles. The normalized spacial score (nSPS) is 14.7. The molecule has 6 nitrogen and oxygen atoms in total. The molecule has 1 aliphatic rings. The van der Waals surface area contributed by atoms with Crippen LogP contribution in [0.25, 0.3) is 0 Å². The molecule has 0 aliphatic carbocycles. The van der Waals surface area contributed by atoms with Crippen LogP contribution < -0.4 is 15.8 Å². The Morgan fingerprint density at radius 1 is 1.12 bits per heavy atom. The maximum Gasteiger partial charge on any atom is 0.253 e. The van der Waals surface area contributed by atoms with Crippen molar-refractivity contribution in [3.05, 3.63) is 54.1 Å². The van der Waals surface area contributed by atoms with E-state index in [9.17, 15) is 9.59 Å². The van der Waals surface area contributed by atoms with Crippen LogP contribution >= 0.6 is 0 Å². The molecular weight excluding hydrogens is 330 g/mol. The van der Waals surface area contributed by atoms with Gasteiger partial charge in [-0.15, -0.1) is 0 Å². The molecule has 6 heteroatoms. The molecule has 26 heavy (non-hydrogen) atoms. The number of nitrogen functional groups attached to an aromatic ring is 1. The summed E-state index contributed by atoms with van der Waals surface area (Å²) in [5.41, 5.74) is 7.65. The van der Waals surface area contributed by atoms with Crippen LogP contribution in [0.2, 0.25) is 0 Å². The van der Waals surface area contributed by atoms with E-state index in [1.165, 1.54) is 0 Å². The first-order valence-corrected chi connectivity index (χ1v) is 8.67. The number of ether oxygens (including phenoxy) is 1. The summed E-state index contributed by atoms with van der Waals surface area (Å²) in [6.07, 6.45) is 1.27. The van der Waals surface area contributed by atoms with Crippen LogP contribution in [0, 0.1) is 5.92 Å². The number of methoxy groups -OCH3 is 1. The van der Waals surface area contributed by atoms with Gasteiger partial charge in [0.25, 0.3) is 5.91 Å². The van der Waals surface area contributed by atoms with E-state index in [-0.39, 0.29) is 17.7 Å². The van der Waals surface area contributed by atoms with Gasteiger partial charge >= 0.3 is 0 Å². The van der Waals surface area contributed by atoms with Gasteiger partial charge in [-0.3, -0.25) is 9.59 Å². The van der Waals surface area contributed by atoms with Crippen molar-refractivity contribution in [2.75, 3.05) is 31.2 Å². The maximum absolute atomic E-state index is 12.6. The summed E-state index contributed by atoms with van der Waals surface area (Å²) in [5, 5.41) is 2.88. The van der Waals surface area contributed by atoms with Crippen LogP contribution in [0.3, 0.4) is 0 Å². The van der Waals surface area contributed by atoms with Crippen molar-refractivity contribution in [3.8, 4) is 5.75 Å². The molecule has 0 radical (unpaired) electrons. The number of benzene rings is 2. The average Bonchev–Trinajstić information content (AvgIpc) is 2.70. The second-order valence-electron chi connectivity index (χ2n) is 6.37. The summed E-state index contributed by atoms with van der Waals surface area (Å²) in [5.74, 6) is 0.441. The summed E-state index contributed by atoms with van der Waals surface area (Å²) in [6, 6.07) is 14.4. The van der Waals surface area contributed by atoms with Gasteiger partial charge in [-0.05, 0) is 37.1 Å². The molecule has 3 rings (SSSR count). The van der Waals surface area contributed by atoms with Crippen LogP contribution in [0.15, 0.2) is 48.5 Å². The standard InChI is InChI=1S/C20H23N3O3/c1-26-16-7-8-17(21)18(13-16)22-19(24)14-9-11-23(12-10-14)20(25)15-5-3-2-4-6-15/h2-8,13-14H,9-12,21H2,1H3,(H,22,24). The quantitative estimate of drug-likeness (QED) is 0.828. The second kappa shape index (κ2) is 7.91. The summed E-state index contributed by atoms with van der Waals surface area (Å²) >= 11 is 0. The first-order valence-electron chi connectivity index (χ1n) is 8.67. The number of rotatable bonds is 4. The number of carbonyl (C=O) groups excluding carboxylic acids is 2. The van der Waals surface area contributed by atoms with Gasteiger partial charge in [0.1, 0.15) is 5.75 Å². The first-order chi connectivity index (χ1) is 12.6. The largest absolute Gasteiger partial charge is 0.497 e. The lowest BCUT2D eigenvalue weighted by Gasteiger charge is -2.31. The van der Waals surface area contributed by atoms with Crippen molar-refractivity contribution in [1.29, 1.82) is 0 Å². The minimum Gasteiger partial charge on any atom is -0.497 e. The third-order valence-corrected chi connectivity index (χ3v) is 4.69. The SMILES string of the molecule is COc1ccc(N)c(NC(=O)C2CCN(C(=O)c3ccccc3)CC2)c1. The molecule has 1 heterocycles. The predicted molar refractivity (Wildman–Crippen MR) is 101 cm³/mol. The topological polar surface area (TPSA) is 84.7 Å². The van der Waals surface area contributed by atoms with E-state index in [1.54, 1.807) is 30.2 Å².